The van der Waals surface area contributed by atoms with Gasteiger partial charge in [0.15, 0.2) is 0 Å². The van der Waals surface area contributed by atoms with Crippen LogP contribution in [0.4, 0.5) is 4.79 Å². The number of aliphatic hydroxyl groups is 1. The van der Waals surface area contributed by atoms with Crippen LogP contribution in [0.3, 0.4) is 0 Å². The molecule has 108 valence electrons. The molecule has 1 saturated carbocycles. The molecule has 2 aliphatic rings. The summed E-state index contributed by atoms with van der Waals surface area (Å²) in [7, 11) is 0. The van der Waals surface area contributed by atoms with Crippen molar-refractivity contribution in [2.45, 2.75) is 50.6 Å². The zero-order valence-corrected chi connectivity index (χ0v) is 11.3. The molecule has 6 nitrogen and oxygen atoms in total. The van der Waals surface area contributed by atoms with Crippen LogP contribution in [0.5, 0.6) is 0 Å². The first-order chi connectivity index (χ1) is 9.00. The summed E-state index contributed by atoms with van der Waals surface area (Å²) in [6.45, 7) is 2.31. The Kier molecular flexibility index (Phi) is 3.99. The molecule has 0 aromatic heterocycles. The fourth-order valence-corrected chi connectivity index (χ4v) is 2.73. The van der Waals surface area contributed by atoms with Crippen LogP contribution in [0.15, 0.2) is 0 Å². The van der Waals surface area contributed by atoms with Gasteiger partial charge in [-0.3, -0.25) is 0 Å². The lowest BCUT2D eigenvalue weighted by Gasteiger charge is -2.43. The van der Waals surface area contributed by atoms with E-state index in [0.29, 0.717) is 13.0 Å². The topological polar surface area (TPSA) is 81.1 Å². The van der Waals surface area contributed by atoms with E-state index in [1.54, 1.807) is 11.8 Å². The van der Waals surface area contributed by atoms with Crippen LogP contribution >= 0.6 is 0 Å². The number of rotatable bonds is 4. The molecule has 0 aromatic carbocycles. The minimum absolute atomic E-state index is 0.0835. The quantitative estimate of drug-likeness (QED) is 0.795. The monoisotopic (exact) mass is 270 g/mol. The van der Waals surface area contributed by atoms with Crippen LogP contribution in [-0.4, -0.2) is 63.3 Å². The lowest BCUT2D eigenvalue weighted by Crippen LogP contribution is -2.61. The maximum atomic E-state index is 12.6. The Balaban J connectivity index is 2.16. The highest BCUT2D eigenvalue weighted by Crippen LogP contribution is 2.33. The predicted octanol–water partition coefficient (Wildman–Crippen LogP) is 0.892. The third-order valence-electron chi connectivity index (χ3n) is 4.16. The van der Waals surface area contributed by atoms with Gasteiger partial charge in [0.1, 0.15) is 5.54 Å². The lowest BCUT2D eigenvalue weighted by molar-refractivity contribution is -0.150. The van der Waals surface area contributed by atoms with Crippen molar-refractivity contribution in [3.05, 3.63) is 0 Å². The number of piperidine rings is 1. The third kappa shape index (κ3) is 2.68. The van der Waals surface area contributed by atoms with Crippen LogP contribution in [0.2, 0.25) is 0 Å². The number of aliphatic hydroxyl groups excluding tert-OH is 1. The first-order valence-electron chi connectivity index (χ1n) is 6.93. The second-order valence-corrected chi connectivity index (χ2v) is 5.62. The molecular weight excluding hydrogens is 248 g/mol. The summed E-state index contributed by atoms with van der Waals surface area (Å²) in [5.41, 5.74) is -1.11. The van der Waals surface area contributed by atoms with Gasteiger partial charge in [-0.05, 0) is 39.0 Å². The Morgan fingerprint density at radius 2 is 2.05 bits per heavy atom. The molecule has 1 aliphatic heterocycles. The highest BCUT2D eigenvalue weighted by molar-refractivity contribution is 5.86. The van der Waals surface area contributed by atoms with E-state index in [-0.39, 0.29) is 25.2 Å². The van der Waals surface area contributed by atoms with Crippen LogP contribution in [0, 0.1) is 0 Å². The Bertz CT molecular complexity index is 370. The molecule has 0 spiro atoms. The Morgan fingerprint density at radius 3 is 2.58 bits per heavy atom. The smallest absolute Gasteiger partial charge is 0.329 e. The van der Waals surface area contributed by atoms with Crippen LogP contribution in [-0.2, 0) is 4.79 Å². The number of carboxylic acid groups (broad SMARTS) is 1. The summed E-state index contributed by atoms with van der Waals surface area (Å²) >= 11 is 0. The van der Waals surface area contributed by atoms with Gasteiger partial charge in [0.05, 0.1) is 6.61 Å². The Morgan fingerprint density at radius 1 is 1.37 bits per heavy atom. The average Bonchev–Trinajstić information content (AvgIpc) is 3.20. The number of nitrogens with zero attached hydrogens (tertiary/aromatic N) is 2. The summed E-state index contributed by atoms with van der Waals surface area (Å²) in [6, 6.07) is -0.0548. The average molecular weight is 270 g/mol. The van der Waals surface area contributed by atoms with Crippen LogP contribution in [0.25, 0.3) is 0 Å². The maximum Gasteiger partial charge on any atom is 0.329 e. The minimum Gasteiger partial charge on any atom is -0.480 e. The van der Waals surface area contributed by atoms with Crippen molar-refractivity contribution in [2.75, 3.05) is 19.7 Å². The predicted molar refractivity (Wildman–Crippen MR) is 68.8 cm³/mol. The van der Waals surface area contributed by atoms with Gasteiger partial charge in [-0.1, -0.05) is 0 Å². The maximum absolute atomic E-state index is 12.6. The highest BCUT2D eigenvalue weighted by atomic mass is 16.4. The molecule has 1 atom stereocenters. The molecule has 2 fully saturated rings. The first-order valence-corrected chi connectivity index (χ1v) is 6.93. The van der Waals surface area contributed by atoms with Gasteiger partial charge in [0, 0.05) is 19.1 Å². The van der Waals surface area contributed by atoms with Crippen molar-refractivity contribution in [1.29, 1.82) is 0 Å². The van der Waals surface area contributed by atoms with Crippen molar-refractivity contribution < 1.29 is 19.8 Å². The van der Waals surface area contributed by atoms with Gasteiger partial charge in [-0.2, -0.15) is 0 Å². The van der Waals surface area contributed by atoms with Crippen molar-refractivity contribution in [3.63, 3.8) is 0 Å². The molecule has 1 saturated heterocycles. The van der Waals surface area contributed by atoms with Gasteiger partial charge in [-0.25, -0.2) is 9.59 Å². The zero-order valence-electron chi connectivity index (χ0n) is 11.3. The largest absolute Gasteiger partial charge is 0.480 e. The number of aliphatic carboxylic acids is 1. The fourth-order valence-electron chi connectivity index (χ4n) is 2.73. The summed E-state index contributed by atoms with van der Waals surface area (Å²) in [5, 5.41) is 18.5. The number of amides is 2. The molecule has 1 aliphatic carbocycles. The molecule has 6 heteroatoms. The van der Waals surface area contributed by atoms with E-state index in [1.165, 1.54) is 4.90 Å². The number of carbonyl (C=O) groups is 2. The number of hydrogen-bond donors (Lipinski definition) is 2. The van der Waals surface area contributed by atoms with E-state index in [0.717, 1.165) is 25.7 Å². The molecular formula is C13H22N2O4. The van der Waals surface area contributed by atoms with Crippen molar-refractivity contribution in [2.24, 2.45) is 0 Å². The summed E-state index contributed by atoms with van der Waals surface area (Å²) in [5.74, 6) is -0.944. The summed E-state index contributed by atoms with van der Waals surface area (Å²) < 4.78 is 0. The normalized spacial score (nSPS) is 27.2. The van der Waals surface area contributed by atoms with E-state index in [2.05, 4.69) is 0 Å². The SMILES string of the molecule is CC1(C(=O)O)CCCCN1C(=O)N(CCO)C1CC1. The number of carboxylic acids is 1. The first kappa shape index (κ1) is 14.1. The lowest BCUT2D eigenvalue weighted by atomic mass is 9.89. The zero-order chi connectivity index (χ0) is 14.0. The number of urea groups is 1. The van der Waals surface area contributed by atoms with E-state index in [9.17, 15) is 14.7 Å². The van der Waals surface area contributed by atoms with E-state index in [4.69, 9.17) is 5.11 Å². The van der Waals surface area contributed by atoms with Gasteiger partial charge < -0.3 is 20.0 Å². The molecule has 0 bridgehead atoms. The van der Waals surface area contributed by atoms with Crippen LogP contribution < -0.4 is 0 Å². The van der Waals surface area contributed by atoms with E-state index < -0.39 is 11.5 Å². The minimum atomic E-state index is -1.11. The highest BCUT2D eigenvalue weighted by Gasteiger charge is 2.47. The fraction of sp³-hybridized carbons (Fsp3) is 0.846. The van der Waals surface area contributed by atoms with Crippen molar-refractivity contribution in [3.8, 4) is 0 Å². The molecule has 0 radical (unpaired) electrons. The molecule has 1 heterocycles. The summed E-state index contributed by atoms with van der Waals surface area (Å²) in [6.07, 6.45) is 4.06. The second kappa shape index (κ2) is 5.36. The van der Waals surface area contributed by atoms with Crippen molar-refractivity contribution in [1.82, 2.24) is 9.80 Å². The molecule has 2 rings (SSSR count). The molecule has 2 N–H and O–H groups in total. The molecule has 19 heavy (non-hydrogen) atoms. The standard InChI is InChI=1S/C13H22N2O4/c1-13(11(17)18)6-2-3-7-15(13)12(19)14(8-9-16)10-4-5-10/h10,16H,2-9H2,1H3,(H,17,18). The van der Waals surface area contributed by atoms with Crippen LogP contribution in [0.1, 0.15) is 39.0 Å². The van der Waals surface area contributed by atoms with Gasteiger partial charge in [0.2, 0.25) is 0 Å². The van der Waals surface area contributed by atoms with E-state index >= 15 is 0 Å². The van der Waals surface area contributed by atoms with Crippen molar-refractivity contribution >= 4 is 12.0 Å². The summed E-state index contributed by atoms with van der Waals surface area (Å²) in [4.78, 5) is 27.2. The Hall–Kier alpha value is -1.30. The number of likely N-dealkylation sites (tertiary alicyclic amines) is 1. The number of carbonyl (C=O) groups excluding carboxylic acids is 1. The molecule has 2 amide bonds. The third-order valence-corrected chi connectivity index (χ3v) is 4.16. The van der Waals surface area contributed by atoms with Gasteiger partial charge in [-0.15, -0.1) is 0 Å². The van der Waals surface area contributed by atoms with Gasteiger partial charge >= 0.3 is 12.0 Å². The van der Waals surface area contributed by atoms with Gasteiger partial charge in [0.25, 0.3) is 0 Å². The Labute approximate surface area is 113 Å². The van der Waals surface area contributed by atoms with E-state index in [1.807, 2.05) is 0 Å². The molecule has 1 unspecified atom stereocenters. The second-order valence-electron chi connectivity index (χ2n) is 5.62. The molecule has 0 aromatic rings. The number of hydrogen-bond acceptors (Lipinski definition) is 3.